The molecule has 0 spiro atoms. The Morgan fingerprint density at radius 3 is 3.00 bits per heavy atom. The summed E-state index contributed by atoms with van der Waals surface area (Å²) in [6.45, 7) is 4.90. The first-order valence-corrected chi connectivity index (χ1v) is 9.29. The molecule has 2 aromatic heterocycles. The van der Waals surface area contributed by atoms with E-state index in [2.05, 4.69) is 27.9 Å². The van der Waals surface area contributed by atoms with E-state index in [1.165, 1.54) is 25.7 Å². The summed E-state index contributed by atoms with van der Waals surface area (Å²) in [5.74, 6) is 3.27. The standard InChI is InChI=1S/C17H22N4OS/c1-12-9-15(20-16(19-12)14-4-5-14)21-7-2-3-13(10-21)11-22-17-18-6-8-23-17/h6,8-9,13-14H,2-5,7,10-11H2,1H3. The second kappa shape index (κ2) is 6.43. The first kappa shape index (κ1) is 14.9. The van der Waals surface area contributed by atoms with Crippen molar-refractivity contribution in [2.45, 2.75) is 38.5 Å². The zero-order chi connectivity index (χ0) is 15.6. The largest absolute Gasteiger partial charge is 0.470 e. The van der Waals surface area contributed by atoms with Crippen LogP contribution in [-0.4, -0.2) is 34.6 Å². The van der Waals surface area contributed by atoms with E-state index in [0.717, 1.165) is 42.2 Å². The van der Waals surface area contributed by atoms with Gasteiger partial charge in [-0.3, -0.25) is 0 Å². The molecule has 4 rings (SSSR count). The van der Waals surface area contributed by atoms with Crippen molar-refractivity contribution in [3.05, 3.63) is 29.2 Å². The minimum atomic E-state index is 0.535. The van der Waals surface area contributed by atoms with Gasteiger partial charge in [-0.2, -0.15) is 0 Å². The number of thiazole rings is 1. The van der Waals surface area contributed by atoms with Gasteiger partial charge in [-0.25, -0.2) is 15.0 Å². The number of nitrogens with zero attached hydrogens (tertiary/aromatic N) is 4. The van der Waals surface area contributed by atoms with Crippen LogP contribution in [0, 0.1) is 12.8 Å². The normalized spacial score (nSPS) is 21.4. The Morgan fingerprint density at radius 1 is 1.30 bits per heavy atom. The molecule has 1 saturated heterocycles. The van der Waals surface area contributed by atoms with E-state index in [1.807, 2.05) is 5.38 Å². The van der Waals surface area contributed by atoms with E-state index in [0.29, 0.717) is 11.8 Å². The van der Waals surface area contributed by atoms with Gasteiger partial charge >= 0.3 is 0 Å². The summed E-state index contributed by atoms with van der Waals surface area (Å²) >= 11 is 1.56. The highest BCUT2D eigenvalue weighted by Crippen LogP contribution is 2.38. The van der Waals surface area contributed by atoms with Crippen molar-refractivity contribution in [3.8, 4) is 5.19 Å². The summed E-state index contributed by atoms with van der Waals surface area (Å²) in [5.41, 5.74) is 1.08. The fourth-order valence-electron chi connectivity index (χ4n) is 3.14. The van der Waals surface area contributed by atoms with Gasteiger partial charge in [-0.1, -0.05) is 11.3 Å². The van der Waals surface area contributed by atoms with Gasteiger partial charge in [-0.05, 0) is 32.6 Å². The second-order valence-corrected chi connectivity index (χ2v) is 7.42. The number of hydrogen-bond acceptors (Lipinski definition) is 6. The predicted molar refractivity (Wildman–Crippen MR) is 91.3 cm³/mol. The van der Waals surface area contributed by atoms with Crippen molar-refractivity contribution in [3.63, 3.8) is 0 Å². The van der Waals surface area contributed by atoms with E-state index in [-0.39, 0.29) is 0 Å². The van der Waals surface area contributed by atoms with Crippen molar-refractivity contribution in [1.29, 1.82) is 0 Å². The van der Waals surface area contributed by atoms with Gasteiger partial charge in [0.05, 0.1) is 6.61 Å². The summed E-state index contributed by atoms with van der Waals surface area (Å²) in [6, 6.07) is 2.12. The maximum absolute atomic E-state index is 5.81. The zero-order valence-corrected chi connectivity index (χ0v) is 14.3. The van der Waals surface area contributed by atoms with Crippen LogP contribution in [0.25, 0.3) is 0 Å². The molecule has 5 nitrogen and oxygen atoms in total. The maximum atomic E-state index is 5.81. The Labute approximate surface area is 140 Å². The lowest BCUT2D eigenvalue weighted by Crippen LogP contribution is -2.38. The molecule has 1 aliphatic carbocycles. The number of piperidine rings is 1. The Hall–Kier alpha value is -1.69. The number of rotatable bonds is 5. The van der Waals surface area contributed by atoms with Crippen molar-refractivity contribution in [1.82, 2.24) is 15.0 Å². The van der Waals surface area contributed by atoms with Gasteiger partial charge in [0.25, 0.3) is 5.19 Å². The van der Waals surface area contributed by atoms with Crippen LogP contribution in [0.5, 0.6) is 5.19 Å². The Morgan fingerprint density at radius 2 is 2.22 bits per heavy atom. The summed E-state index contributed by atoms with van der Waals surface area (Å²) in [4.78, 5) is 16.0. The lowest BCUT2D eigenvalue weighted by atomic mass is 9.99. The quantitative estimate of drug-likeness (QED) is 0.841. The summed E-state index contributed by atoms with van der Waals surface area (Å²) in [6.07, 6.45) is 6.67. The van der Waals surface area contributed by atoms with Gasteiger partial charge in [0.15, 0.2) is 0 Å². The Balaban J connectivity index is 1.42. The van der Waals surface area contributed by atoms with E-state index in [4.69, 9.17) is 9.72 Å². The molecule has 0 bridgehead atoms. The third-order valence-corrected chi connectivity index (χ3v) is 5.18. The molecule has 2 fully saturated rings. The molecule has 23 heavy (non-hydrogen) atoms. The molecule has 1 atom stereocenters. The molecule has 6 heteroatoms. The first-order valence-electron chi connectivity index (χ1n) is 8.41. The molecular formula is C17H22N4OS. The first-order chi connectivity index (χ1) is 11.3. The van der Waals surface area contributed by atoms with Gasteiger partial charge in [0, 0.05) is 48.3 Å². The lowest BCUT2D eigenvalue weighted by Gasteiger charge is -2.33. The van der Waals surface area contributed by atoms with E-state index < -0.39 is 0 Å². The van der Waals surface area contributed by atoms with Crippen molar-refractivity contribution in [2.24, 2.45) is 5.92 Å². The summed E-state index contributed by atoms with van der Waals surface area (Å²) in [5, 5.41) is 2.72. The van der Waals surface area contributed by atoms with Crippen LogP contribution in [0.4, 0.5) is 5.82 Å². The average Bonchev–Trinajstić information content (AvgIpc) is 3.29. The maximum Gasteiger partial charge on any atom is 0.273 e. The van der Waals surface area contributed by atoms with Crippen LogP contribution < -0.4 is 9.64 Å². The van der Waals surface area contributed by atoms with E-state index in [9.17, 15) is 0 Å². The zero-order valence-electron chi connectivity index (χ0n) is 13.4. The SMILES string of the molecule is Cc1cc(N2CCCC(COc3nccs3)C2)nc(C2CC2)n1. The average molecular weight is 330 g/mol. The molecule has 122 valence electrons. The lowest BCUT2D eigenvalue weighted by molar-refractivity contribution is 0.227. The second-order valence-electron chi connectivity index (χ2n) is 6.56. The topological polar surface area (TPSA) is 51.1 Å². The highest BCUT2D eigenvalue weighted by molar-refractivity contribution is 7.11. The van der Waals surface area contributed by atoms with Crippen LogP contribution in [0.15, 0.2) is 17.6 Å². The van der Waals surface area contributed by atoms with Crippen LogP contribution >= 0.6 is 11.3 Å². The van der Waals surface area contributed by atoms with Crippen molar-refractivity contribution < 1.29 is 4.74 Å². The van der Waals surface area contributed by atoms with Crippen LogP contribution in [0.3, 0.4) is 0 Å². The minimum Gasteiger partial charge on any atom is -0.470 e. The number of ether oxygens (including phenoxy) is 1. The number of anilines is 1. The minimum absolute atomic E-state index is 0.535. The molecule has 0 radical (unpaired) electrons. The molecule has 0 N–H and O–H groups in total. The third-order valence-electron chi connectivity index (χ3n) is 4.50. The molecule has 0 aromatic carbocycles. The third kappa shape index (κ3) is 3.63. The van der Waals surface area contributed by atoms with Gasteiger partial charge in [0.2, 0.25) is 0 Å². The van der Waals surface area contributed by atoms with E-state index in [1.54, 1.807) is 17.5 Å². The number of aryl methyl sites for hydroxylation is 1. The Kier molecular flexibility index (Phi) is 4.16. The van der Waals surface area contributed by atoms with Crippen molar-refractivity contribution >= 4 is 17.2 Å². The highest BCUT2D eigenvalue weighted by Gasteiger charge is 2.28. The number of aromatic nitrogens is 3. The molecule has 1 saturated carbocycles. The Bertz CT molecular complexity index is 657. The molecule has 1 unspecified atom stereocenters. The molecular weight excluding hydrogens is 308 g/mol. The predicted octanol–water partition coefficient (Wildman–Crippen LogP) is 3.41. The van der Waals surface area contributed by atoms with Crippen LogP contribution in [0.1, 0.15) is 43.1 Å². The molecule has 2 aliphatic rings. The summed E-state index contributed by atoms with van der Waals surface area (Å²) < 4.78 is 5.81. The number of hydrogen-bond donors (Lipinski definition) is 0. The fourth-order valence-corrected chi connectivity index (χ4v) is 3.64. The highest BCUT2D eigenvalue weighted by atomic mass is 32.1. The monoisotopic (exact) mass is 330 g/mol. The van der Waals surface area contributed by atoms with Gasteiger partial charge in [-0.15, -0.1) is 0 Å². The molecule has 2 aromatic rings. The van der Waals surface area contributed by atoms with Crippen LogP contribution in [0.2, 0.25) is 0 Å². The smallest absolute Gasteiger partial charge is 0.273 e. The molecule has 3 heterocycles. The van der Waals surface area contributed by atoms with Crippen LogP contribution in [-0.2, 0) is 0 Å². The summed E-state index contributed by atoms with van der Waals surface area (Å²) in [7, 11) is 0. The molecule has 1 aliphatic heterocycles. The molecule has 0 amide bonds. The fraction of sp³-hybridized carbons (Fsp3) is 0.588. The van der Waals surface area contributed by atoms with Gasteiger partial charge < -0.3 is 9.64 Å². The van der Waals surface area contributed by atoms with Crippen molar-refractivity contribution in [2.75, 3.05) is 24.6 Å². The van der Waals surface area contributed by atoms with Gasteiger partial charge in [0.1, 0.15) is 11.6 Å². The van der Waals surface area contributed by atoms with E-state index >= 15 is 0 Å².